The van der Waals surface area contributed by atoms with Gasteiger partial charge in [-0.2, -0.15) is 0 Å². The van der Waals surface area contributed by atoms with Crippen LogP contribution >= 0.6 is 0 Å². The predicted molar refractivity (Wildman–Crippen MR) is 76.1 cm³/mol. The van der Waals surface area contributed by atoms with E-state index in [-0.39, 0.29) is 0 Å². The number of ether oxygens (including phenoxy) is 1. The van der Waals surface area contributed by atoms with Gasteiger partial charge in [0.2, 0.25) is 0 Å². The first-order valence-corrected chi connectivity index (χ1v) is 7.22. The summed E-state index contributed by atoms with van der Waals surface area (Å²) < 4.78 is 5.93. The zero-order valence-corrected chi connectivity index (χ0v) is 11.8. The van der Waals surface area contributed by atoms with E-state index in [1.54, 1.807) is 0 Å². The molecule has 1 heterocycles. The second-order valence-corrected chi connectivity index (χ2v) is 5.46. The molecule has 0 amide bonds. The van der Waals surface area contributed by atoms with Crippen molar-refractivity contribution in [2.45, 2.75) is 46.1 Å². The minimum Gasteiger partial charge on any atom is -0.493 e. The quantitative estimate of drug-likeness (QED) is 0.856. The first-order chi connectivity index (χ1) is 8.74. The lowest BCUT2D eigenvalue weighted by Gasteiger charge is -2.28. The number of fused-ring (bicyclic) bond motifs is 1. The molecule has 2 rings (SSSR count). The average Bonchev–Trinajstić information content (AvgIpc) is 2.39. The van der Waals surface area contributed by atoms with Crippen LogP contribution in [0.25, 0.3) is 0 Å². The van der Waals surface area contributed by atoms with Crippen LogP contribution in [0.3, 0.4) is 0 Å². The number of nitrogens with one attached hydrogen (secondary N) is 1. The molecule has 1 aromatic rings. The third-order valence-corrected chi connectivity index (χ3v) is 3.58. The highest BCUT2D eigenvalue weighted by molar-refractivity contribution is 5.44. The number of aryl methyl sites for hydroxylation is 1. The van der Waals surface area contributed by atoms with Crippen molar-refractivity contribution in [3.63, 3.8) is 0 Å². The molecule has 1 aliphatic heterocycles. The molecule has 18 heavy (non-hydrogen) atoms. The van der Waals surface area contributed by atoms with E-state index in [0.717, 1.165) is 31.7 Å². The van der Waals surface area contributed by atoms with Gasteiger partial charge >= 0.3 is 0 Å². The Labute approximate surface area is 111 Å². The van der Waals surface area contributed by atoms with Crippen LogP contribution in [0.5, 0.6) is 5.75 Å². The first-order valence-electron chi connectivity index (χ1n) is 7.22. The molecule has 1 atom stereocenters. The summed E-state index contributed by atoms with van der Waals surface area (Å²) >= 11 is 0. The maximum Gasteiger partial charge on any atom is 0.127 e. The summed E-state index contributed by atoms with van der Waals surface area (Å²) in [6, 6.07) is 7.00. The van der Waals surface area contributed by atoms with Crippen molar-refractivity contribution in [2.24, 2.45) is 5.92 Å². The summed E-state index contributed by atoms with van der Waals surface area (Å²) in [5.74, 6) is 1.72. The second kappa shape index (κ2) is 6.24. The summed E-state index contributed by atoms with van der Waals surface area (Å²) in [6.45, 7) is 8.68. The molecule has 0 aromatic heterocycles. The monoisotopic (exact) mass is 247 g/mol. The van der Waals surface area contributed by atoms with Crippen LogP contribution in [0, 0.1) is 5.92 Å². The molecule has 1 aliphatic rings. The molecule has 1 N–H and O–H groups in total. The highest BCUT2D eigenvalue weighted by Crippen LogP contribution is 2.35. The van der Waals surface area contributed by atoms with Gasteiger partial charge in [-0.1, -0.05) is 39.0 Å². The van der Waals surface area contributed by atoms with Crippen molar-refractivity contribution in [1.29, 1.82) is 0 Å². The van der Waals surface area contributed by atoms with E-state index < -0.39 is 0 Å². The van der Waals surface area contributed by atoms with Crippen LogP contribution in [0.4, 0.5) is 0 Å². The molecule has 2 nitrogen and oxygen atoms in total. The van der Waals surface area contributed by atoms with Crippen LogP contribution in [0.2, 0.25) is 0 Å². The van der Waals surface area contributed by atoms with Gasteiger partial charge in [-0.05, 0) is 37.3 Å². The van der Waals surface area contributed by atoms with Crippen LogP contribution < -0.4 is 10.1 Å². The largest absolute Gasteiger partial charge is 0.493 e. The van der Waals surface area contributed by atoms with Gasteiger partial charge in [-0.3, -0.25) is 0 Å². The van der Waals surface area contributed by atoms with Gasteiger partial charge in [0.15, 0.2) is 0 Å². The zero-order chi connectivity index (χ0) is 13.0. The summed E-state index contributed by atoms with van der Waals surface area (Å²) in [7, 11) is 0. The lowest BCUT2D eigenvalue weighted by molar-refractivity contribution is 0.277. The van der Waals surface area contributed by atoms with Crippen LogP contribution in [0.15, 0.2) is 18.2 Å². The number of rotatable bonds is 5. The smallest absolute Gasteiger partial charge is 0.127 e. The number of benzene rings is 1. The van der Waals surface area contributed by atoms with Gasteiger partial charge in [0.1, 0.15) is 5.75 Å². The number of hydrogen-bond donors (Lipinski definition) is 1. The third-order valence-electron chi connectivity index (χ3n) is 3.58. The molecule has 0 bridgehead atoms. The lowest BCUT2D eigenvalue weighted by atomic mass is 9.91. The summed E-state index contributed by atoms with van der Waals surface area (Å²) in [4.78, 5) is 0. The molecule has 0 saturated heterocycles. The average molecular weight is 247 g/mol. The normalized spacial score (nSPS) is 16.2. The van der Waals surface area contributed by atoms with Crippen LogP contribution in [-0.4, -0.2) is 13.2 Å². The molecule has 1 aromatic carbocycles. The highest BCUT2D eigenvalue weighted by Gasteiger charge is 2.22. The van der Waals surface area contributed by atoms with Crippen LogP contribution in [0.1, 0.15) is 50.8 Å². The molecule has 100 valence electrons. The predicted octanol–water partition coefficient (Wildman–Crippen LogP) is 3.71. The number of para-hydroxylation sites is 1. The Morgan fingerprint density at radius 3 is 2.89 bits per heavy atom. The fourth-order valence-corrected chi connectivity index (χ4v) is 2.66. The Balaban J connectivity index is 2.29. The fraction of sp³-hybridized carbons (Fsp3) is 0.625. The summed E-state index contributed by atoms with van der Waals surface area (Å²) in [6.07, 6.45) is 3.46. The second-order valence-electron chi connectivity index (χ2n) is 5.46. The van der Waals surface area contributed by atoms with E-state index in [9.17, 15) is 0 Å². The maximum atomic E-state index is 5.93. The first kappa shape index (κ1) is 13.4. The Kier molecular flexibility index (Phi) is 4.65. The summed E-state index contributed by atoms with van der Waals surface area (Å²) in [5, 5.41) is 3.66. The number of hydrogen-bond acceptors (Lipinski definition) is 2. The molecular weight excluding hydrogens is 222 g/mol. The van der Waals surface area contributed by atoms with E-state index >= 15 is 0 Å². The molecular formula is C16H25NO. The van der Waals surface area contributed by atoms with E-state index in [0.29, 0.717) is 12.0 Å². The molecule has 0 saturated carbocycles. The standard InChI is InChI=1S/C16H25NO/c1-4-10-17-15(12(2)3)14-9-5-7-13-8-6-11-18-16(13)14/h5,7,9,12,15,17H,4,6,8,10-11H2,1-3H3. The van der Waals surface area contributed by atoms with Crippen molar-refractivity contribution in [3.05, 3.63) is 29.3 Å². The minimum atomic E-state index is 0.401. The lowest BCUT2D eigenvalue weighted by Crippen LogP contribution is -2.27. The van der Waals surface area contributed by atoms with Gasteiger partial charge in [0.25, 0.3) is 0 Å². The van der Waals surface area contributed by atoms with Crippen molar-refractivity contribution in [1.82, 2.24) is 5.32 Å². The van der Waals surface area contributed by atoms with Gasteiger partial charge in [0.05, 0.1) is 6.61 Å². The van der Waals surface area contributed by atoms with Gasteiger partial charge in [-0.15, -0.1) is 0 Å². The molecule has 1 unspecified atom stereocenters. The zero-order valence-electron chi connectivity index (χ0n) is 11.8. The van der Waals surface area contributed by atoms with E-state index in [2.05, 4.69) is 44.3 Å². The van der Waals surface area contributed by atoms with E-state index in [1.165, 1.54) is 17.5 Å². The minimum absolute atomic E-state index is 0.401. The molecule has 0 spiro atoms. The van der Waals surface area contributed by atoms with Gasteiger partial charge in [0, 0.05) is 11.6 Å². The van der Waals surface area contributed by atoms with Gasteiger partial charge in [-0.25, -0.2) is 0 Å². The van der Waals surface area contributed by atoms with E-state index in [4.69, 9.17) is 4.74 Å². The van der Waals surface area contributed by atoms with Gasteiger partial charge < -0.3 is 10.1 Å². The Hall–Kier alpha value is -1.02. The molecule has 0 aliphatic carbocycles. The highest BCUT2D eigenvalue weighted by atomic mass is 16.5. The van der Waals surface area contributed by atoms with Crippen molar-refractivity contribution >= 4 is 0 Å². The topological polar surface area (TPSA) is 21.3 Å². The van der Waals surface area contributed by atoms with Crippen LogP contribution in [-0.2, 0) is 6.42 Å². The maximum absolute atomic E-state index is 5.93. The van der Waals surface area contributed by atoms with Crippen molar-refractivity contribution in [2.75, 3.05) is 13.2 Å². The Morgan fingerprint density at radius 1 is 1.33 bits per heavy atom. The Bertz CT molecular complexity index is 387. The van der Waals surface area contributed by atoms with Crippen molar-refractivity contribution < 1.29 is 4.74 Å². The van der Waals surface area contributed by atoms with Crippen molar-refractivity contribution in [3.8, 4) is 5.75 Å². The fourth-order valence-electron chi connectivity index (χ4n) is 2.66. The molecule has 0 fully saturated rings. The Morgan fingerprint density at radius 2 is 2.17 bits per heavy atom. The van der Waals surface area contributed by atoms with E-state index in [1.807, 2.05) is 0 Å². The SMILES string of the molecule is CCCNC(c1cccc2c1OCCC2)C(C)C. The third kappa shape index (κ3) is 2.86. The summed E-state index contributed by atoms with van der Waals surface area (Å²) in [5.41, 5.74) is 2.72. The molecule has 2 heteroatoms. The molecule has 0 radical (unpaired) electrons.